The number of benzene rings is 1. The highest BCUT2D eigenvalue weighted by Gasteiger charge is 2.38. The van der Waals surface area contributed by atoms with Crippen molar-refractivity contribution in [2.45, 2.75) is 30.3 Å². The molecule has 2 fully saturated rings. The van der Waals surface area contributed by atoms with E-state index in [0.29, 0.717) is 30.9 Å². The van der Waals surface area contributed by atoms with Crippen LogP contribution in [0.15, 0.2) is 29.4 Å². The van der Waals surface area contributed by atoms with E-state index >= 15 is 0 Å². The minimum absolute atomic E-state index is 0.0641. The number of hydrogen-bond acceptors (Lipinski definition) is 6. The zero-order valence-corrected chi connectivity index (χ0v) is 18.8. The molecule has 2 amide bonds. The summed E-state index contributed by atoms with van der Waals surface area (Å²) in [7, 11) is -3.90. The lowest BCUT2D eigenvalue weighted by atomic mass is 9.89. The Morgan fingerprint density at radius 3 is 2.50 bits per heavy atom. The first-order valence-electron chi connectivity index (χ1n) is 10.1. The summed E-state index contributed by atoms with van der Waals surface area (Å²) in [5.41, 5.74) is -0.0641. The van der Waals surface area contributed by atoms with Gasteiger partial charge in [-0.3, -0.25) is 0 Å². The summed E-state index contributed by atoms with van der Waals surface area (Å²) in [6.45, 7) is 1.69. The molecule has 0 bridgehead atoms. The molecule has 1 unspecified atom stereocenters. The number of piperidine rings is 1. The van der Waals surface area contributed by atoms with Gasteiger partial charge in [0.25, 0.3) is 0 Å². The van der Waals surface area contributed by atoms with Gasteiger partial charge in [-0.15, -0.1) is 0 Å². The highest BCUT2D eigenvalue weighted by Crippen LogP contribution is 2.30. The molecule has 0 saturated carbocycles. The summed E-state index contributed by atoms with van der Waals surface area (Å²) in [6.07, 6.45) is 5.49. The third-order valence-electron chi connectivity index (χ3n) is 5.98. The number of sulfone groups is 1. The third kappa shape index (κ3) is 4.63. The molecule has 2 saturated heterocycles. The van der Waals surface area contributed by atoms with E-state index in [4.69, 9.17) is 11.6 Å². The molecule has 4 rings (SSSR count). The number of carbonyl (C=O) groups is 1. The van der Waals surface area contributed by atoms with Gasteiger partial charge in [0.2, 0.25) is 0 Å². The van der Waals surface area contributed by atoms with Crippen LogP contribution in [0.1, 0.15) is 18.4 Å². The lowest BCUT2D eigenvalue weighted by molar-refractivity contribution is 0.166. The van der Waals surface area contributed by atoms with Crippen molar-refractivity contribution >= 4 is 33.3 Å². The maximum Gasteiger partial charge on any atom is 0.318 e. The Morgan fingerprint density at radius 1 is 1.16 bits per heavy atom. The van der Waals surface area contributed by atoms with Gasteiger partial charge >= 0.3 is 6.03 Å². The summed E-state index contributed by atoms with van der Waals surface area (Å²) >= 11 is 5.79. The molecule has 0 spiro atoms. The molecule has 0 aliphatic carbocycles. The van der Waals surface area contributed by atoms with Gasteiger partial charge in [0, 0.05) is 31.5 Å². The molecule has 3 heterocycles. The zero-order chi connectivity index (χ0) is 23.0. The summed E-state index contributed by atoms with van der Waals surface area (Å²) in [4.78, 5) is 23.7. The largest absolute Gasteiger partial charge is 0.355 e. The van der Waals surface area contributed by atoms with Crippen LogP contribution in [0.4, 0.5) is 19.4 Å². The van der Waals surface area contributed by atoms with E-state index in [-0.39, 0.29) is 30.1 Å². The first kappa shape index (κ1) is 22.7. The fourth-order valence-corrected chi connectivity index (χ4v) is 5.13. The highest BCUT2D eigenvalue weighted by molar-refractivity contribution is 7.90. The summed E-state index contributed by atoms with van der Waals surface area (Å²) in [5.74, 6) is -0.999. The van der Waals surface area contributed by atoms with Crippen LogP contribution in [0.3, 0.4) is 0 Å². The average Bonchev–Trinajstić information content (AvgIpc) is 3.10. The van der Waals surface area contributed by atoms with Gasteiger partial charge in [-0.05, 0) is 30.9 Å². The summed E-state index contributed by atoms with van der Waals surface area (Å²) in [6, 6.07) is 0.996. The Bertz CT molecular complexity index is 1120. The van der Waals surface area contributed by atoms with E-state index < -0.39 is 26.4 Å². The van der Waals surface area contributed by atoms with Crippen molar-refractivity contribution in [3.8, 4) is 0 Å². The number of halogens is 3. The number of rotatable bonds is 5. The predicted molar refractivity (Wildman–Crippen MR) is 114 cm³/mol. The van der Waals surface area contributed by atoms with Crippen LogP contribution in [0.5, 0.6) is 0 Å². The fraction of sp³-hybridized carbons (Fsp3) is 0.450. The molecule has 8 nitrogen and oxygen atoms in total. The number of anilines is 1. The first-order valence-corrected chi connectivity index (χ1v) is 12.4. The number of amides is 2. The number of nitrogens with one attached hydrogen (secondary N) is 1. The van der Waals surface area contributed by atoms with E-state index in [1.54, 1.807) is 6.20 Å². The third-order valence-corrected chi connectivity index (χ3v) is 7.29. The van der Waals surface area contributed by atoms with Gasteiger partial charge < -0.3 is 15.1 Å². The number of aromatic nitrogens is 2. The number of hydrogen-bond donors (Lipinski definition) is 1. The second-order valence-corrected chi connectivity index (χ2v) is 10.4. The second-order valence-electron chi connectivity index (χ2n) is 8.05. The standard InChI is InChI=1S/C20H22ClF2N5O3S/c1-32(30,31)17-7-14(22)13(6-15(17)23)11-28-16(8-26-20(28)29)12-2-4-27(5-3-12)19-10-24-18(21)9-25-19/h6-7,9-10,12,16H,2-5,8,11H2,1H3,(H,26,29). The molecule has 1 aromatic heterocycles. The summed E-state index contributed by atoms with van der Waals surface area (Å²) in [5, 5.41) is 3.10. The van der Waals surface area contributed by atoms with Gasteiger partial charge in [0.05, 0.1) is 25.0 Å². The van der Waals surface area contributed by atoms with Crippen molar-refractivity contribution in [2.75, 3.05) is 30.8 Å². The maximum absolute atomic E-state index is 14.6. The Kier molecular flexibility index (Phi) is 6.22. The lowest BCUT2D eigenvalue weighted by Crippen LogP contribution is -2.44. The molecule has 1 atom stereocenters. The molecular formula is C20H22ClF2N5O3S. The van der Waals surface area contributed by atoms with Crippen LogP contribution in [0.2, 0.25) is 5.15 Å². The number of urea groups is 1. The van der Waals surface area contributed by atoms with Gasteiger partial charge in [-0.25, -0.2) is 32.0 Å². The van der Waals surface area contributed by atoms with E-state index in [9.17, 15) is 22.0 Å². The normalized spacial score (nSPS) is 20.0. The lowest BCUT2D eigenvalue weighted by Gasteiger charge is -2.37. The van der Waals surface area contributed by atoms with Gasteiger partial charge in [-0.1, -0.05) is 11.6 Å². The topological polar surface area (TPSA) is 95.5 Å². The first-order chi connectivity index (χ1) is 15.1. The van der Waals surface area contributed by atoms with E-state index in [0.717, 1.165) is 31.0 Å². The SMILES string of the molecule is CS(=O)(=O)c1cc(F)c(CN2C(=O)NCC2C2CCN(c3cnc(Cl)cn3)CC2)cc1F. The zero-order valence-electron chi connectivity index (χ0n) is 17.3. The minimum atomic E-state index is -3.90. The molecule has 0 radical (unpaired) electrons. The van der Waals surface area contributed by atoms with Crippen molar-refractivity contribution in [1.82, 2.24) is 20.2 Å². The van der Waals surface area contributed by atoms with Crippen molar-refractivity contribution in [2.24, 2.45) is 5.92 Å². The molecule has 2 aromatic rings. The molecule has 2 aliphatic rings. The second kappa shape index (κ2) is 8.78. The Labute approximate surface area is 189 Å². The average molecular weight is 486 g/mol. The van der Waals surface area contributed by atoms with E-state index in [2.05, 4.69) is 20.2 Å². The summed E-state index contributed by atoms with van der Waals surface area (Å²) < 4.78 is 52.1. The van der Waals surface area contributed by atoms with E-state index in [1.807, 2.05) is 0 Å². The monoisotopic (exact) mass is 485 g/mol. The molecule has 172 valence electrons. The van der Waals surface area contributed by atoms with Crippen LogP contribution >= 0.6 is 11.6 Å². The molecule has 1 aromatic carbocycles. The smallest absolute Gasteiger partial charge is 0.318 e. The predicted octanol–water partition coefficient (Wildman–Crippen LogP) is 2.62. The fourth-order valence-electron chi connectivity index (χ4n) is 4.31. The van der Waals surface area contributed by atoms with Gasteiger partial charge in [0.15, 0.2) is 9.84 Å². The van der Waals surface area contributed by atoms with Crippen LogP contribution in [0, 0.1) is 17.6 Å². The van der Waals surface area contributed by atoms with Crippen molar-refractivity contribution < 1.29 is 22.0 Å². The van der Waals surface area contributed by atoms with Crippen molar-refractivity contribution in [3.05, 3.63) is 46.9 Å². The van der Waals surface area contributed by atoms with E-state index in [1.165, 1.54) is 11.1 Å². The molecular weight excluding hydrogens is 464 g/mol. The minimum Gasteiger partial charge on any atom is -0.355 e. The van der Waals surface area contributed by atoms with Gasteiger partial charge in [-0.2, -0.15) is 0 Å². The Balaban J connectivity index is 1.47. The Hall–Kier alpha value is -2.53. The maximum atomic E-state index is 14.6. The molecule has 1 N–H and O–H groups in total. The number of carbonyl (C=O) groups excluding carboxylic acids is 1. The van der Waals surface area contributed by atoms with Crippen molar-refractivity contribution in [1.29, 1.82) is 0 Å². The number of nitrogens with zero attached hydrogens (tertiary/aromatic N) is 4. The van der Waals surface area contributed by atoms with Gasteiger partial charge in [0.1, 0.15) is 27.5 Å². The highest BCUT2D eigenvalue weighted by atomic mass is 35.5. The Morgan fingerprint density at radius 2 is 1.88 bits per heavy atom. The molecule has 2 aliphatic heterocycles. The van der Waals surface area contributed by atoms with Crippen LogP contribution in [0.25, 0.3) is 0 Å². The molecule has 12 heteroatoms. The molecule has 32 heavy (non-hydrogen) atoms. The quantitative estimate of drug-likeness (QED) is 0.699. The van der Waals surface area contributed by atoms with Crippen LogP contribution in [-0.4, -0.2) is 61.2 Å². The van der Waals surface area contributed by atoms with Crippen LogP contribution in [-0.2, 0) is 16.4 Å². The van der Waals surface area contributed by atoms with Crippen molar-refractivity contribution in [3.63, 3.8) is 0 Å². The van der Waals surface area contributed by atoms with Crippen LogP contribution < -0.4 is 10.2 Å².